The van der Waals surface area contributed by atoms with Crippen molar-refractivity contribution in [2.45, 2.75) is 5.92 Å². The van der Waals surface area contributed by atoms with Crippen molar-refractivity contribution in [2.24, 2.45) is 0 Å². The van der Waals surface area contributed by atoms with Crippen LogP contribution in [0.4, 0.5) is 15.4 Å². The Morgan fingerprint density at radius 2 is 1.67 bits per heavy atom. The number of fused-ring (bicyclic) bond motifs is 3. The van der Waals surface area contributed by atoms with Crippen molar-refractivity contribution in [1.82, 2.24) is 9.78 Å². The standard InChI is InChI=1S/C21H16ClN3O5/c1-29-21(28)25-18(10-17(24-25)19(22)26)23-20(27)30-11-16-14-8-4-2-6-12(14)13-7-3-5-9-15(13)16/h2-10,16H,11H2,1H3,(H,23,27). The van der Waals surface area contributed by atoms with E-state index < -0.39 is 17.4 Å². The van der Waals surface area contributed by atoms with Gasteiger partial charge in [-0.1, -0.05) is 48.5 Å². The zero-order valence-electron chi connectivity index (χ0n) is 15.8. The van der Waals surface area contributed by atoms with E-state index in [4.69, 9.17) is 16.3 Å². The Balaban J connectivity index is 1.51. The summed E-state index contributed by atoms with van der Waals surface area (Å²) in [7, 11) is 1.14. The second kappa shape index (κ2) is 8.00. The van der Waals surface area contributed by atoms with E-state index in [2.05, 4.69) is 15.2 Å². The van der Waals surface area contributed by atoms with Crippen molar-refractivity contribution in [3.63, 3.8) is 0 Å². The van der Waals surface area contributed by atoms with Crippen LogP contribution in [0.25, 0.3) is 11.1 Å². The summed E-state index contributed by atoms with van der Waals surface area (Å²) in [5.41, 5.74) is 4.14. The predicted molar refractivity (Wildman–Crippen MR) is 109 cm³/mol. The highest BCUT2D eigenvalue weighted by Crippen LogP contribution is 2.44. The third-order valence-electron chi connectivity index (χ3n) is 4.83. The van der Waals surface area contributed by atoms with Crippen LogP contribution in [0.3, 0.4) is 0 Å². The Kier molecular flexibility index (Phi) is 5.24. The highest BCUT2D eigenvalue weighted by atomic mass is 35.5. The maximum Gasteiger partial charge on any atom is 0.436 e. The van der Waals surface area contributed by atoms with E-state index in [1.807, 2.05) is 48.5 Å². The minimum absolute atomic E-state index is 0.0908. The number of amides is 1. The number of benzene rings is 2. The SMILES string of the molecule is COC(=O)n1nc(C(=O)Cl)cc1NC(=O)OCC1c2ccccc2-c2ccccc21. The molecular weight excluding hydrogens is 410 g/mol. The van der Waals surface area contributed by atoms with Gasteiger partial charge in [-0.15, -0.1) is 4.68 Å². The first-order valence-corrected chi connectivity index (χ1v) is 9.37. The van der Waals surface area contributed by atoms with Crippen LogP contribution in [-0.4, -0.2) is 40.9 Å². The van der Waals surface area contributed by atoms with Gasteiger partial charge >= 0.3 is 12.2 Å². The van der Waals surface area contributed by atoms with Crippen LogP contribution >= 0.6 is 11.6 Å². The largest absolute Gasteiger partial charge is 0.451 e. The summed E-state index contributed by atoms with van der Waals surface area (Å²) in [6, 6.07) is 17.1. The third kappa shape index (κ3) is 3.53. The van der Waals surface area contributed by atoms with Gasteiger partial charge in [0.15, 0.2) is 0 Å². The molecule has 0 unspecified atom stereocenters. The van der Waals surface area contributed by atoms with Gasteiger partial charge in [-0.05, 0) is 33.9 Å². The molecule has 4 rings (SSSR count). The van der Waals surface area contributed by atoms with Gasteiger partial charge < -0.3 is 9.47 Å². The molecule has 0 saturated carbocycles. The minimum Gasteiger partial charge on any atom is -0.451 e. The number of aromatic nitrogens is 2. The molecule has 0 fully saturated rings. The molecule has 1 aliphatic rings. The summed E-state index contributed by atoms with van der Waals surface area (Å²) in [6.45, 7) is 0.0908. The van der Waals surface area contributed by atoms with Crippen LogP contribution in [0.1, 0.15) is 27.5 Å². The Labute approximate surface area is 176 Å². The molecule has 1 amide bonds. The molecule has 1 N–H and O–H groups in total. The van der Waals surface area contributed by atoms with Crippen LogP contribution in [0, 0.1) is 0 Å². The fourth-order valence-electron chi connectivity index (χ4n) is 3.53. The van der Waals surface area contributed by atoms with Crippen molar-refractivity contribution >= 4 is 34.8 Å². The molecule has 152 valence electrons. The van der Waals surface area contributed by atoms with Gasteiger partial charge in [0.2, 0.25) is 0 Å². The molecule has 0 radical (unpaired) electrons. The fourth-order valence-corrected chi connectivity index (χ4v) is 3.62. The Morgan fingerprint density at radius 3 is 2.23 bits per heavy atom. The van der Waals surface area contributed by atoms with E-state index >= 15 is 0 Å². The lowest BCUT2D eigenvalue weighted by molar-refractivity contribution is 0.107. The Morgan fingerprint density at radius 1 is 1.07 bits per heavy atom. The molecule has 3 aromatic rings. The summed E-state index contributed by atoms with van der Waals surface area (Å²) in [5.74, 6) is -0.211. The van der Waals surface area contributed by atoms with Crippen molar-refractivity contribution in [3.05, 3.63) is 71.4 Å². The van der Waals surface area contributed by atoms with Gasteiger partial charge in [0.05, 0.1) is 7.11 Å². The Hall–Kier alpha value is -3.65. The summed E-state index contributed by atoms with van der Waals surface area (Å²) in [4.78, 5) is 35.6. The summed E-state index contributed by atoms with van der Waals surface area (Å²) in [6.07, 6.45) is -1.70. The molecule has 9 heteroatoms. The van der Waals surface area contributed by atoms with Crippen LogP contribution in [0.5, 0.6) is 0 Å². The second-order valence-electron chi connectivity index (χ2n) is 6.52. The van der Waals surface area contributed by atoms with Gasteiger partial charge in [0.1, 0.15) is 18.1 Å². The summed E-state index contributed by atoms with van der Waals surface area (Å²) in [5, 5.41) is 5.24. The van der Waals surface area contributed by atoms with Gasteiger partial charge in [-0.2, -0.15) is 5.10 Å². The zero-order chi connectivity index (χ0) is 21.3. The van der Waals surface area contributed by atoms with Gasteiger partial charge in [0.25, 0.3) is 5.24 Å². The highest BCUT2D eigenvalue weighted by molar-refractivity contribution is 6.67. The van der Waals surface area contributed by atoms with E-state index in [0.717, 1.165) is 40.1 Å². The van der Waals surface area contributed by atoms with Crippen molar-refractivity contribution in [3.8, 4) is 11.1 Å². The number of halogens is 1. The molecule has 0 bridgehead atoms. The predicted octanol–water partition coefficient (Wildman–Crippen LogP) is 4.24. The van der Waals surface area contributed by atoms with Crippen molar-refractivity contribution in [1.29, 1.82) is 0 Å². The lowest BCUT2D eigenvalue weighted by atomic mass is 9.98. The molecule has 0 saturated heterocycles. The molecule has 1 aliphatic carbocycles. The summed E-state index contributed by atoms with van der Waals surface area (Å²) < 4.78 is 10.7. The number of nitrogens with zero attached hydrogens (tertiary/aromatic N) is 2. The molecule has 30 heavy (non-hydrogen) atoms. The number of carbonyl (C=O) groups excluding carboxylic acids is 3. The normalized spacial score (nSPS) is 12.1. The monoisotopic (exact) mass is 425 g/mol. The van der Waals surface area contributed by atoms with E-state index in [-0.39, 0.29) is 24.0 Å². The van der Waals surface area contributed by atoms with Crippen molar-refractivity contribution < 1.29 is 23.9 Å². The number of ether oxygens (including phenoxy) is 2. The first-order valence-electron chi connectivity index (χ1n) is 8.99. The molecule has 8 nitrogen and oxygen atoms in total. The van der Waals surface area contributed by atoms with Crippen LogP contribution in [0.2, 0.25) is 0 Å². The van der Waals surface area contributed by atoms with Gasteiger partial charge in [-0.25, -0.2) is 9.59 Å². The van der Waals surface area contributed by atoms with E-state index in [0.29, 0.717) is 0 Å². The summed E-state index contributed by atoms with van der Waals surface area (Å²) >= 11 is 5.41. The first kappa shape index (κ1) is 19.7. The molecular formula is C21H16ClN3O5. The zero-order valence-corrected chi connectivity index (χ0v) is 16.6. The molecule has 2 aromatic carbocycles. The topological polar surface area (TPSA) is 99.5 Å². The number of anilines is 1. The van der Waals surface area contributed by atoms with Gasteiger partial charge in [0, 0.05) is 12.0 Å². The number of hydrogen-bond acceptors (Lipinski definition) is 6. The number of nitrogens with one attached hydrogen (secondary N) is 1. The maximum atomic E-state index is 12.4. The minimum atomic E-state index is -0.895. The molecule has 0 aliphatic heterocycles. The van der Waals surface area contributed by atoms with E-state index in [1.165, 1.54) is 0 Å². The molecule has 1 aromatic heterocycles. The molecule has 0 spiro atoms. The van der Waals surface area contributed by atoms with Crippen LogP contribution in [-0.2, 0) is 9.47 Å². The van der Waals surface area contributed by atoms with Crippen LogP contribution < -0.4 is 5.32 Å². The maximum absolute atomic E-state index is 12.4. The first-order chi connectivity index (χ1) is 14.5. The number of carbonyl (C=O) groups is 3. The second-order valence-corrected chi connectivity index (χ2v) is 6.86. The van der Waals surface area contributed by atoms with E-state index in [9.17, 15) is 14.4 Å². The highest BCUT2D eigenvalue weighted by Gasteiger charge is 2.29. The molecule has 1 heterocycles. The van der Waals surface area contributed by atoms with Crippen LogP contribution in [0.15, 0.2) is 54.6 Å². The average Bonchev–Trinajstić information content (AvgIpc) is 3.31. The molecule has 0 atom stereocenters. The number of methoxy groups -OCH3 is 1. The third-order valence-corrected chi connectivity index (χ3v) is 5.03. The van der Waals surface area contributed by atoms with E-state index in [1.54, 1.807) is 0 Å². The number of hydrogen-bond donors (Lipinski definition) is 1. The lowest BCUT2D eigenvalue weighted by Crippen LogP contribution is -2.22. The quantitative estimate of drug-likeness (QED) is 0.627. The van der Waals surface area contributed by atoms with Gasteiger partial charge in [-0.3, -0.25) is 10.1 Å². The lowest BCUT2D eigenvalue weighted by Gasteiger charge is -2.14. The number of rotatable bonds is 4. The van der Waals surface area contributed by atoms with Crippen molar-refractivity contribution in [2.75, 3.05) is 19.0 Å². The fraction of sp³-hybridized carbons (Fsp3) is 0.143. The Bertz CT molecular complexity index is 1110. The average molecular weight is 426 g/mol. The smallest absolute Gasteiger partial charge is 0.436 e.